The summed E-state index contributed by atoms with van der Waals surface area (Å²) in [4.78, 5) is 0. The summed E-state index contributed by atoms with van der Waals surface area (Å²) in [7, 11) is 0. The van der Waals surface area contributed by atoms with Crippen molar-refractivity contribution in [2.75, 3.05) is 0 Å². The van der Waals surface area contributed by atoms with Gasteiger partial charge in [-0.3, -0.25) is 0 Å². The van der Waals surface area contributed by atoms with Crippen molar-refractivity contribution in [3.05, 3.63) is 0 Å². The van der Waals surface area contributed by atoms with Gasteiger partial charge in [-0.05, 0) is 35.4 Å². The fraction of sp³-hybridized carbons (Fsp3) is 1.00. The third-order valence-electron chi connectivity index (χ3n) is 2.54. The Hall–Kier alpha value is 0. The second kappa shape index (κ2) is 16.4. The fourth-order valence-electron chi connectivity index (χ4n) is 0.866. The highest BCUT2D eigenvalue weighted by Crippen LogP contribution is 2.13. The van der Waals surface area contributed by atoms with E-state index >= 15 is 0 Å². The summed E-state index contributed by atoms with van der Waals surface area (Å²) in [6.45, 7) is 4.98. The Labute approximate surface area is 163 Å². The molecule has 0 saturated carbocycles. The predicted molar refractivity (Wildman–Crippen MR) is 103 cm³/mol. The van der Waals surface area contributed by atoms with Gasteiger partial charge in [0.2, 0.25) is 0 Å². The molecule has 0 radical (unpaired) electrons. The van der Waals surface area contributed by atoms with Gasteiger partial charge >= 0.3 is 0 Å². The Morgan fingerprint density at radius 3 is 0.810 bits per heavy atom. The zero-order valence-electron chi connectivity index (χ0n) is 33.2. The molecule has 0 fully saturated rings. The van der Waals surface area contributed by atoms with Gasteiger partial charge in [0.15, 0.2) is 0 Å². The zero-order chi connectivity index (χ0) is 33.2. The molecular weight excluding hydrogens is 252 g/mol. The molecule has 0 aliphatic heterocycles. The molecule has 0 aliphatic carbocycles. The van der Waals surface area contributed by atoms with E-state index in [4.69, 9.17) is 24.7 Å². The zero-order valence-corrected chi connectivity index (χ0v) is 15.2. The van der Waals surface area contributed by atoms with E-state index in [0.29, 0.717) is 0 Å². The van der Waals surface area contributed by atoms with Crippen LogP contribution in [0.1, 0.15) is 127 Å². The van der Waals surface area contributed by atoms with Crippen molar-refractivity contribution in [2.45, 2.75) is 102 Å². The van der Waals surface area contributed by atoms with E-state index in [1.165, 1.54) is 0 Å². The lowest BCUT2D eigenvalue weighted by Gasteiger charge is -2.10. The maximum Gasteiger partial charge on any atom is 0.0302 e. The summed E-state index contributed by atoms with van der Waals surface area (Å²) >= 11 is 0. The summed E-state index contributed by atoms with van der Waals surface area (Å²) in [6.07, 6.45) is -6.11. The van der Waals surface area contributed by atoms with Crippen LogP contribution in [0.3, 0.4) is 0 Å². The van der Waals surface area contributed by atoms with E-state index < -0.39 is 75.1 Å². The average molecular weight is 319 g/mol. The summed E-state index contributed by atoms with van der Waals surface area (Å²) in [6, 6.07) is 0. The van der Waals surface area contributed by atoms with Gasteiger partial charge < -0.3 is 0 Å². The average Bonchev–Trinajstić information content (AvgIpc) is 2.60. The molecule has 0 aromatic heterocycles. The van der Waals surface area contributed by atoms with Crippen molar-refractivity contribution in [3.8, 4) is 0 Å². The first kappa shape index (κ1) is 6.48. The Bertz CT molecular complexity index is 581. The Morgan fingerprint density at radius 2 is 0.810 bits per heavy atom. The lowest BCUT2D eigenvalue weighted by molar-refractivity contribution is 0.407. The maximum atomic E-state index is 7.74. The molecule has 0 heterocycles. The summed E-state index contributed by atoms with van der Waals surface area (Å²) < 4.78 is 132. The monoisotopic (exact) mass is 318 g/mol. The van der Waals surface area contributed by atoms with Crippen molar-refractivity contribution < 1.29 is 24.7 Å². The van der Waals surface area contributed by atoms with Gasteiger partial charge in [0.25, 0.3) is 0 Å². The number of hydrogen-bond acceptors (Lipinski definition) is 0. The molecular formula is C21H48. The highest BCUT2D eigenvalue weighted by Gasteiger charge is 2.02. The first-order valence-corrected chi connectivity index (χ1v) is 7.33. The van der Waals surface area contributed by atoms with Crippen LogP contribution >= 0.6 is 0 Å². The molecule has 0 spiro atoms. The van der Waals surface area contributed by atoms with E-state index in [9.17, 15) is 0 Å². The number of hydrogen-bond donors (Lipinski definition) is 0. The van der Waals surface area contributed by atoms with Crippen molar-refractivity contribution in [3.63, 3.8) is 0 Å². The second-order valence-electron chi connectivity index (χ2n) is 5.46. The van der Waals surface area contributed by atoms with Crippen LogP contribution in [0.25, 0.3) is 0 Å². The molecule has 132 valence electrons. The van der Waals surface area contributed by atoms with Crippen molar-refractivity contribution in [2.24, 2.45) is 35.4 Å². The van der Waals surface area contributed by atoms with Crippen molar-refractivity contribution in [1.82, 2.24) is 0 Å². The van der Waals surface area contributed by atoms with Gasteiger partial charge in [-0.25, -0.2) is 0 Å². The Morgan fingerprint density at radius 1 is 0.619 bits per heavy atom. The molecule has 0 bridgehead atoms. The van der Waals surface area contributed by atoms with Gasteiger partial charge in [-0.2, -0.15) is 0 Å². The molecule has 0 heteroatoms. The van der Waals surface area contributed by atoms with Crippen LogP contribution in [0.2, 0.25) is 0 Å². The van der Waals surface area contributed by atoms with E-state index in [1.807, 2.05) is 0 Å². The third-order valence-corrected chi connectivity index (χ3v) is 2.54. The van der Waals surface area contributed by atoms with Crippen molar-refractivity contribution in [1.29, 1.82) is 0 Å². The molecule has 3 atom stereocenters. The minimum absolute atomic E-state index is 0.556. The first-order chi connectivity index (χ1) is 16.3. The minimum Gasteiger partial charge on any atom is -0.0651 e. The molecule has 1 unspecified atom stereocenters. The minimum atomic E-state index is -2.60. The normalized spacial score (nSPS) is 36.0. The number of rotatable bonds is 6. The lowest BCUT2D eigenvalue weighted by Crippen LogP contribution is -2.00. The van der Waals surface area contributed by atoms with Gasteiger partial charge in [-0.15, -0.1) is 0 Å². The smallest absolute Gasteiger partial charge is 0.0302 e. The third kappa shape index (κ3) is 20.0. The topological polar surface area (TPSA) is 0 Å². The molecule has 0 saturated heterocycles. The van der Waals surface area contributed by atoms with Crippen LogP contribution in [-0.4, -0.2) is 0 Å². The van der Waals surface area contributed by atoms with Gasteiger partial charge in [0.1, 0.15) is 0 Å². The molecule has 0 rings (SSSR count). The van der Waals surface area contributed by atoms with Crippen LogP contribution in [0, 0.1) is 35.4 Å². The van der Waals surface area contributed by atoms with Gasteiger partial charge in [0, 0.05) is 24.7 Å². The quantitative estimate of drug-likeness (QED) is 0.464. The Balaban J connectivity index is -0.000000498. The molecule has 0 N–H and O–H groups in total. The van der Waals surface area contributed by atoms with E-state index in [2.05, 4.69) is 0 Å². The van der Waals surface area contributed by atoms with Gasteiger partial charge in [0.05, 0.1) is 0 Å². The van der Waals surface area contributed by atoms with E-state index in [1.54, 1.807) is 41.5 Å². The van der Waals surface area contributed by atoms with E-state index in [-0.39, 0.29) is 0 Å². The largest absolute Gasteiger partial charge is 0.0651 e. The molecule has 0 aromatic carbocycles. The Kier molecular flexibility index (Phi) is 5.05. The van der Waals surface area contributed by atoms with Crippen molar-refractivity contribution >= 4 is 0 Å². The fourth-order valence-corrected chi connectivity index (χ4v) is 0.866. The lowest BCUT2D eigenvalue weighted by atomic mass is 9.96. The molecule has 0 aromatic rings. The summed E-state index contributed by atoms with van der Waals surface area (Å²) in [5.41, 5.74) is 0. The maximum absolute atomic E-state index is 7.74. The molecule has 0 aliphatic rings. The molecule has 0 nitrogen and oxygen atoms in total. The SMILES string of the molecule is [2H]C([2H])([2H])C([2H])(C(C)C)C([2H])([2H])C.[2H]C([2H])([2H])[C@@]([2H])(C(C)C)C([2H])([2H])C.[2H]C([2H])([2H])[C@]([2H])(C(C)C)C([2H])([2H])C. The molecule has 21 heavy (non-hydrogen) atoms. The summed E-state index contributed by atoms with van der Waals surface area (Å²) in [5, 5.41) is 0. The van der Waals surface area contributed by atoms with Crippen LogP contribution in [0.5, 0.6) is 0 Å². The first-order valence-electron chi connectivity index (χ1n) is 16.3. The van der Waals surface area contributed by atoms with Crippen LogP contribution in [0.4, 0.5) is 0 Å². The van der Waals surface area contributed by atoms with Gasteiger partial charge in [-0.1, -0.05) is 102 Å². The van der Waals surface area contributed by atoms with E-state index in [0.717, 1.165) is 20.8 Å². The van der Waals surface area contributed by atoms with Crippen LogP contribution < -0.4 is 0 Å². The molecule has 0 amide bonds. The highest BCUT2D eigenvalue weighted by molar-refractivity contribution is 4.53. The summed E-state index contributed by atoms with van der Waals surface area (Å²) in [5.74, 6) is -7.79. The predicted octanol–water partition coefficient (Wildman–Crippen LogP) is 8.07. The highest BCUT2D eigenvalue weighted by atomic mass is 14.1. The van der Waals surface area contributed by atoms with Crippen LogP contribution in [0.15, 0.2) is 0 Å². The second-order valence-corrected chi connectivity index (χ2v) is 5.46. The van der Waals surface area contributed by atoms with Crippen LogP contribution in [-0.2, 0) is 0 Å². The standard InChI is InChI=1S/3C7H16/c3*1-5-7(4)6(2)3/h3*6-7H,5H2,1-4H3/t2*7-;/m10./s1/i3*4D3,5D2,7D.